The number of carbonyl (C=O) groups excluding carboxylic acids is 2. The molecule has 0 aromatic heterocycles. The maximum absolute atomic E-state index is 12.8. The van der Waals surface area contributed by atoms with Gasteiger partial charge >= 0.3 is 5.97 Å². The van der Waals surface area contributed by atoms with E-state index in [-0.39, 0.29) is 16.6 Å². The van der Waals surface area contributed by atoms with Crippen molar-refractivity contribution in [2.45, 2.75) is 45.1 Å². The summed E-state index contributed by atoms with van der Waals surface area (Å²) in [6.07, 6.45) is 0. The molecule has 7 nitrogen and oxygen atoms in total. The highest BCUT2D eigenvalue weighted by Crippen LogP contribution is 2.36. The molecule has 0 unspecified atom stereocenters. The van der Waals surface area contributed by atoms with Gasteiger partial charge < -0.3 is 10.1 Å². The van der Waals surface area contributed by atoms with Crippen LogP contribution in [0.2, 0.25) is 0 Å². The highest BCUT2D eigenvalue weighted by molar-refractivity contribution is 7.89. The smallest absolute Gasteiger partial charge is 0.308 e. The molecule has 0 spiro atoms. The van der Waals surface area contributed by atoms with Crippen LogP contribution in [0.1, 0.15) is 34.6 Å². The van der Waals surface area contributed by atoms with Crippen molar-refractivity contribution in [2.75, 3.05) is 5.32 Å². The van der Waals surface area contributed by atoms with Crippen LogP contribution in [0.25, 0.3) is 10.8 Å². The van der Waals surface area contributed by atoms with Crippen molar-refractivity contribution in [1.82, 2.24) is 4.72 Å². The Balaban J connectivity index is 2.76. The molecule has 0 saturated heterocycles. The van der Waals surface area contributed by atoms with E-state index in [1.165, 1.54) is 19.9 Å². The summed E-state index contributed by atoms with van der Waals surface area (Å²) in [5, 5.41) is 3.65. The van der Waals surface area contributed by atoms with Crippen LogP contribution in [0.4, 0.5) is 5.69 Å². The van der Waals surface area contributed by atoms with Crippen molar-refractivity contribution in [3.8, 4) is 5.75 Å². The van der Waals surface area contributed by atoms with Gasteiger partial charge in [-0.05, 0) is 32.9 Å². The zero-order chi connectivity index (χ0) is 19.7. The summed E-state index contributed by atoms with van der Waals surface area (Å²) in [7, 11) is -3.94. The van der Waals surface area contributed by atoms with E-state index >= 15 is 0 Å². The first kappa shape index (κ1) is 19.9. The number of rotatable bonds is 4. The number of fused-ring (bicyclic) bond motifs is 1. The second-order valence-corrected chi connectivity index (χ2v) is 8.57. The standard InChI is InChI=1S/C18H22N2O5S/c1-11(21)19-15-8-6-7-14-13(15)9-10-16(17(14)25-12(2)22)26(23,24)20-18(3,4)5/h6-10,20H,1-5H3,(H,19,21). The molecule has 140 valence electrons. The molecule has 0 saturated carbocycles. The van der Waals surface area contributed by atoms with E-state index in [9.17, 15) is 18.0 Å². The van der Waals surface area contributed by atoms with Crippen molar-refractivity contribution >= 4 is 38.4 Å². The Morgan fingerprint density at radius 3 is 2.19 bits per heavy atom. The predicted molar refractivity (Wildman–Crippen MR) is 99.6 cm³/mol. The topological polar surface area (TPSA) is 102 Å². The molecule has 26 heavy (non-hydrogen) atoms. The number of anilines is 1. The first-order valence-electron chi connectivity index (χ1n) is 7.96. The third kappa shape index (κ3) is 4.59. The lowest BCUT2D eigenvalue weighted by atomic mass is 10.1. The molecule has 2 N–H and O–H groups in total. The summed E-state index contributed by atoms with van der Waals surface area (Å²) in [5.41, 5.74) is -0.213. The summed E-state index contributed by atoms with van der Waals surface area (Å²) < 4.78 is 33.4. The first-order valence-corrected chi connectivity index (χ1v) is 9.45. The average molecular weight is 378 g/mol. The van der Waals surface area contributed by atoms with E-state index in [4.69, 9.17) is 4.74 Å². The molecule has 0 heterocycles. The van der Waals surface area contributed by atoms with Gasteiger partial charge in [-0.1, -0.05) is 18.2 Å². The van der Waals surface area contributed by atoms with E-state index in [1.807, 2.05) is 0 Å². The van der Waals surface area contributed by atoms with Crippen molar-refractivity contribution in [3.63, 3.8) is 0 Å². The largest absolute Gasteiger partial charge is 0.425 e. The lowest BCUT2D eigenvalue weighted by Gasteiger charge is -2.22. The summed E-state index contributed by atoms with van der Waals surface area (Å²) in [4.78, 5) is 22.8. The van der Waals surface area contributed by atoms with Crippen LogP contribution in [-0.4, -0.2) is 25.8 Å². The summed E-state index contributed by atoms with van der Waals surface area (Å²) >= 11 is 0. The molecule has 0 aliphatic carbocycles. The van der Waals surface area contributed by atoms with Crippen LogP contribution in [-0.2, 0) is 19.6 Å². The Morgan fingerprint density at radius 2 is 1.65 bits per heavy atom. The molecule has 1 amide bonds. The molecule has 2 aromatic rings. The van der Waals surface area contributed by atoms with Gasteiger partial charge in [0.1, 0.15) is 4.90 Å². The Kier molecular flexibility index (Phi) is 5.39. The van der Waals surface area contributed by atoms with Crippen LogP contribution >= 0.6 is 0 Å². The van der Waals surface area contributed by atoms with Crippen molar-refractivity contribution < 1.29 is 22.7 Å². The van der Waals surface area contributed by atoms with Crippen LogP contribution in [0.3, 0.4) is 0 Å². The second-order valence-electron chi connectivity index (χ2n) is 6.92. The number of hydrogen-bond acceptors (Lipinski definition) is 5. The molecule has 0 radical (unpaired) electrons. The van der Waals surface area contributed by atoms with Gasteiger partial charge in [-0.3, -0.25) is 9.59 Å². The molecule has 8 heteroatoms. The average Bonchev–Trinajstić information content (AvgIpc) is 2.44. The quantitative estimate of drug-likeness (QED) is 0.629. The van der Waals surface area contributed by atoms with E-state index in [0.29, 0.717) is 16.5 Å². The Hall–Kier alpha value is -2.45. The highest BCUT2D eigenvalue weighted by atomic mass is 32.2. The molecule has 0 bridgehead atoms. The molecule has 0 atom stereocenters. The minimum atomic E-state index is -3.94. The Bertz CT molecular complexity index is 975. The van der Waals surface area contributed by atoms with Gasteiger partial charge in [0.2, 0.25) is 15.9 Å². The lowest BCUT2D eigenvalue weighted by molar-refractivity contribution is -0.132. The predicted octanol–water partition coefficient (Wildman–Crippen LogP) is 2.80. The fraction of sp³-hybridized carbons (Fsp3) is 0.333. The van der Waals surface area contributed by atoms with Gasteiger partial charge in [0, 0.05) is 35.8 Å². The molecule has 2 rings (SSSR count). The van der Waals surface area contributed by atoms with Crippen LogP contribution in [0, 0.1) is 0 Å². The number of benzene rings is 2. The zero-order valence-corrected chi connectivity index (χ0v) is 16.2. The normalized spacial score (nSPS) is 12.0. The highest BCUT2D eigenvalue weighted by Gasteiger charge is 2.27. The number of nitrogens with one attached hydrogen (secondary N) is 2. The van der Waals surface area contributed by atoms with Gasteiger partial charge in [0.15, 0.2) is 5.75 Å². The van der Waals surface area contributed by atoms with E-state index < -0.39 is 21.5 Å². The number of amides is 1. The minimum absolute atomic E-state index is 0.0704. The SMILES string of the molecule is CC(=O)Nc1cccc2c(OC(C)=O)c(S(=O)(=O)NC(C)(C)C)ccc12. The Labute approximate surface area is 152 Å². The van der Waals surface area contributed by atoms with Crippen molar-refractivity contribution in [3.05, 3.63) is 30.3 Å². The van der Waals surface area contributed by atoms with E-state index in [1.54, 1.807) is 45.0 Å². The van der Waals surface area contributed by atoms with E-state index in [0.717, 1.165) is 0 Å². The number of ether oxygens (including phenoxy) is 1. The summed E-state index contributed by atoms with van der Waals surface area (Å²) in [5.74, 6) is -0.980. The molecule has 2 aromatic carbocycles. The molecule has 0 aliphatic rings. The Morgan fingerprint density at radius 1 is 1.00 bits per heavy atom. The van der Waals surface area contributed by atoms with Gasteiger partial charge in [0.25, 0.3) is 0 Å². The second kappa shape index (κ2) is 7.05. The molecular weight excluding hydrogens is 356 g/mol. The minimum Gasteiger partial charge on any atom is -0.425 e. The van der Waals surface area contributed by atoms with E-state index in [2.05, 4.69) is 10.0 Å². The third-order valence-electron chi connectivity index (χ3n) is 3.26. The molecule has 0 fully saturated rings. The monoisotopic (exact) mass is 378 g/mol. The fourth-order valence-electron chi connectivity index (χ4n) is 2.53. The summed E-state index contributed by atoms with van der Waals surface area (Å²) in [6.45, 7) is 7.71. The lowest BCUT2D eigenvalue weighted by Crippen LogP contribution is -2.40. The zero-order valence-electron chi connectivity index (χ0n) is 15.3. The maximum atomic E-state index is 12.8. The number of hydrogen-bond donors (Lipinski definition) is 2. The van der Waals surface area contributed by atoms with Crippen molar-refractivity contribution in [1.29, 1.82) is 0 Å². The molecule has 0 aliphatic heterocycles. The van der Waals surface area contributed by atoms with Gasteiger partial charge in [-0.25, -0.2) is 13.1 Å². The fourth-order valence-corrected chi connectivity index (χ4v) is 4.09. The third-order valence-corrected chi connectivity index (χ3v) is 5.04. The van der Waals surface area contributed by atoms with Gasteiger partial charge in [-0.15, -0.1) is 0 Å². The van der Waals surface area contributed by atoms with Crippen molar-refractivity contribution in [2.24, 2.45) is 0 Å². The van der Waals surface area contributed by atoms with Crippen LogP contribution in [0.15, 0.2) is 35.2 Å². The van der Waals surface area contributed by atoms with Gasteiger partial charge in [-0.2, -0.15) is 0 Å². The molecular formula is C18H22N2O5S. The first-order chi connectivity index (χ1) is 11.9. The number of sulfonamides is 1. The maximum Gasteiger partial charge on any atom is 0.308 e. The number of esters is 1. The van der Waals surface area contributed by atoms with Crippen LogP contribution in [0.5, 0.6) is 5.75 Å². The van der Waals surface area contributed by atoms with Gasteiger partial charge in [0.05, 0.1) is 0 Å². The number of carbonyl (C=O) groups is 2. The van der Waals surface area contributed by atoms with Crippen LogP contribution < -0.4 is 14.8 Å². The summed E-state index contributed by atoms with van der Waals surface area (Å²) in [6, 6.07) is 7.90.